The predicted octanol–water partition coefficient (Wildman–Crippen LogP) is 4.18. The third kappa shape index (κ3) is 4.51. The minimum Gasteiger partial charge on any atom is -0.357 e. The number of benzene rings is 1. The van der Waals surface area contributed by atoms with E-state index in [1.807, 2.05) is 26.0 Å². The summed E-state index contributed by atoms with van der Waals surface area (Å²) in [5.41, 5.74) is 2.67. The van der Waals surface area contributed by atoms with Gasteiger partial charge in [0.15, 0.2) is 0 Å². The molecular weight excluding hydrogens is 364 g/mol. The molecule has 1 amide bonds. The van der Waals surface area contributed by atoms with Gasteiger partial charge < -0.3 is 16.0 Å². The van der Waals surface area contributed by atoms with Gasteiger partial charge >= 0.3 is 0 Å². The first kappa shape index (κ1) is 18.6. The van der Waals surface area contributed by atoms with Crippen molar-refractivity contribution in [1.82, 2.24) is 15.0 Å². The van der Waals surface area contributed by atoms with Crippen molar-refractivity contribution in [3.8, 4) is 0 Å². The molecule has 27 heavy (non-hydrogen) atoms. The van der Waals surface area contributed by atoms with Gasteiger partial charge in [0.2, 0.25) is 5.95 Å². The molecular formula is C19H19ClN6O. The molecule has 2 heterocycles. The fourth-order valence-corrected chi connectivity index (χ4v) is 2.87. The largest absolute Gasteiger partial charge is 0.357 e. The average Bonchev–Trinajstić information content (AvgIpc) is 2.61. The molecule has 2 aromatic heterocycles. The van der Waals surface area contributed by atoms with E-state index >= 15 is 0 Å². The van der Waals surface area contributed by atoms with Gasteiger partial charge in [0.25, 0.3) is 5.91 Å². The molecule has 3 N–H and O–H groups in total. The fourth-order valence-electron chi connectivity index (χ4n) is 2.57. The molecule has 0 radical (unpaired) electrons. The Hall–Kier alpha value is -3.19. The van der Waals surface area contributed by atoms with E-state index in [1.54, 1.807) is 37.5 Å². The van der Waals surface area contributed by atoms with Crippen molar-refractivity contribution in [3.63, 3.8) is 0 Å². The van der Waals surface area contributed by atoms with Gasteiger partial charge in [0.05, 0.1) is 10.6 Å². The Morgan fingerprint density at radius 1 is 1.07 bits per heavy atom. The van der Waals surface area contributed by atoms with Crippen LogP contribution in [0.1, 0.15) is 21.6 Å². The molecule has 0 saturated heterocycles. The first-order chi connectivity index (χ1) is 13.0. The Morgan fingerprint density at radius 3 is 2.63 bits per heavy atom. The van der Waals surface area contributed by atoms with Crippen molar-refractivity contribution in [2.45, 2.75) is 13.8 Å². The first-order valence-electron chi connectivity index (χ1n) is 8.29. The van der Waals surface area contributed by atoms with E-state index in [1.165, 1.54) is 0 Å². The van der Waals surface area contributed by atoms with Crippen molar-refractivity contribution in [2.75, 3.05) is 23.0 Å². The molecule has 0 aliphatic carbocycles. The monoisotopic (exact) mass is 382 g/mol. The lowest BCUT2D eigenvalue weighted by atomic mass is 10.1. The Morgan fingerprint density at radius 2 is 1.89 bits per heavy atom. The number of amides is 1. The van der Waals surface area contributed by atoms with Crippen LogP contribution < -0.4 is 16.0 Å². The summed E-state index contributed by atoms with van der Waals surface area (Å²) in [5.74, 6) is 1.38. The SMILES string of the molecule is CNc1nc(C)cc(Nc2cc(NC(=O)c3c(C)cccc3Cl)ccn2)n1. The van der Waals surface area contributed by atoms with Crippen molar-refractivity contribution in [2.24, 2.45) is 0 Å². The quantitative estimate of drug-likeness (QED) is 0.613. The Labute approximate surface area is 162 Å². The molecule has 0 spiro atoms. The Kier molecular flexibility index (Phi) is 5.52. The topological polar surface area (TPSA) is 91.8 Å². The van der Waals surface area contributed by atoms with Gasteiger partial charge in [0, 0.05) is 36.8 Å². The third-order valence-corrected chi connectivity index (χ3v) is 4.12. The zero-order chi connectivity index (χ0) is 19.4. The summed E-state index contributed by atoms with van der Waals surface area (Å²) in [6.45, 7) is 3.72. The van der Waals surface area contributed by atoms with Crippen LogP contribution in [0.3, 0.4) is 0 Å². The molecule has 0 aliphatic rings. The highest BCUT2D eigenvalue weighted by Crippen LogP contribution is 2.22. The molecule has 138 valence electrons. The molecule has 3 rings (SSSR count). The second-order valence-corrected chi connectivity index (χ2v) is 6.32. The van der Waals surface area contributed by atoms with E-state index in [9.17, 15) is 4.79 Å². The van der Waals surface area contributed by atoms with Gasteiger partial charge in [-0.05, 0) is 31.5 Å². The lowest BCUT2D eigenvalue weighted by Crippen LogP contribution is -2.14. The molecule has 3 aromatic rings. The predicted molar refractivity (Wildman–Crippen MR) is 108 cm³/mol. The number of nitrogens with one attached hydrogen (secondary N) is 3. The van der Waals surface area contributed by atoms with Gasteiger partial charge in [-0.15, -0.1) is 0 Å². The van der Waals surface area contributed by atoms with Gasteiger partial charge in [-0.25, -0.2) is 9.97 Å². The lowest BCUT2D eigenvalue weighted by molar-refractivity contribution is 0.102. The lowest BCUT2D eigenvalue weighted by Gasteiger charge is -2.11. The molecule has 0 aliphatic heterocycles. The van der Waals surface area contributed by atoms with Crippen LogP contribution in [0.5, 0.6) is 0 Å². The number of pyridine rings is 1. The highest BCUT2D eigenvalue weighted by molar-refractivity contribution is 6.34. The maximum atomic E-state index is 12.6. The van der Waals surface area contributed by atoms with Crippen LogP contribution in [0, 0.1) is 13.8 Å². The van der Waals surface area contributed by atoms with Crippen LogP contribution in [0.4, 0.5) is 23.3 Å². The molecule has 0 fully saturated rings. The summed E-state index contributed by atoms with van der Waals surface area (Å²) in [5, 5.41) is 9.29. The van der Waals surface area contributed by atoms with Gasteiger partial charge in [-0.2, -0.15) is 4.98 Å². The average molecular weight is 383 g/mol. The van der Waals surface area contributed by atoms with Gasteiger partial charge in [-0.1, -0.05) is 23.7 Å². The van der Waals surface area contributed by atoms with E-state index in [2.05, 4.69) is 30.9 Å². The number of aromatic nitrogens is 3. The maximum absolute atomic E-state index is 12.6. The standard InChI is InChI=1S/C19H19ClN6O/c1-11-5-4-6-14(20)17(11)18(27)24-13-7-8-22-15(10-13)25-16-9-12(2)23-19(21-3)26-16/h4-10H,1-3H3,(H3,21,22,23,24,25,26,27). The number of aryl methyl sites for hydroxylation is 2. The first-order valence-corrected chi connectivity index (χ1v) is 8.67. The number of nitrogens with zero attached hydrogens (tertiary/aromatic N) is 3. The van der Waals surface area contributed by atoms with E-state index in [0.29, 0.717) is 33.9 Å². The number of halogens is 1. The second-order valence-electron chi connectivity index (χ2n) is 5.91. The van der Waals surface area contributed by atoms with Crippen molar-refractivity contribution in [3.05, 3.63) is 64.4 Å². The number of carbonyl (C=O) groups excluding carboxylic acids is 1. The summed E-state index contributed by atoms with van der Waals surface area (Å²) in [6, 6.07) is 10.6. The molecule has 0 bridgehead atoms. The molecule has 7 nitrogen and oxygen atoms in total. The number of anilines is 4. The highest BCUT2D eigenvalue weighted by atomic mass is 35.5. The number of rotatable bonds is 5. The van der Waals surface area contributed by atoms with Crippen LogP contribution in [0.15, 0.2) is 42.6 Å². The molecule has 0 saturated carbocycles. The highest BCUT2D eigenvalue weighted by Gasteiger charge is 2.13. The minimum absolute atomic E-state index is 0.273. The normalized spacial score (nSPS) is 10.4. The van der Waals surface area contributed by atoms with E-state index in [-0.39, 0.29) is 5.91 Å². The van der Waals surface area contributed by atoms with Crippen molar-refractivity contribution < 1.29 is 4.79 Å². The smallest absolute Gasteiger partial charge is 0.257 e. The Balaban J connectivity index is 1.80. The van der Waals surface area contributed by atoms with Crippen LogP contribution in [0.2, 0.25) is 5.02 Å². The van der Waals surface area contributed by atoms with E-state index in [4.69, 9.17) is 11.6 Å². The van der Waals surface area contributed by atoms with Crippen LogP contribution in [0.25, 0.3) is 0 Å². The van der Waals surface area contributed by atoms with Gasteiger partial charge in [0.1, 0.15) is 11.6 Å². The van der Waals surface area contributed by atoms with Crippen molar-refractivity contribution in [1.29, 1.82) is 0 Å². The van der Waals surface area contributed by atoms with E-state index < -0.39 is 0 Å². The van der Waals surface area contributed by atoms with Crippen LogP contribution in [-0.2, 0) is 0 Å². The van der Waals surface area contributed by atoms with Gasteiger partial charge in [-0.3, -0.25) is 4.79 Å². The number of hydrogen-bond acceptors (Lipinski definition) is 6. The van der Waals surface area contributed by atoms with Crippen LogP contribution in [-0.4, -0.2) is 27.9 Å². The summed E-state index contributed by atoms with van der Waals surface area (Å²) in [7, 11) is 1.75. The maximum Gasteiger partial charge on any atom is 0.257 e. The second kappa shape index (κ2) is 8.01. The molecule has 0 atom stereocenters. The zero-order valence-electron chi connectivity index (χ0n) is 15.2. The molecule has 0 unspecified atom stereocenters. The fraction of sp³-hybridized carbons (Fsp3) is 0.158. The summed E-state index contributed by atoms with van der Waals surface area (Å²) < 4.78 is 0. The number of carbonyl (C=O) groups is 1. The minimum atomic E-state index is -0.273. The molecule has 1 aromatic carbocycles. The summed E-state index contributed by atoms with van der Waals surface area (Å²) in [4.78, 5) is 25.4. The van der Waals surface area contributed by atoms with Crippen molar-refractivity contribution >= 4 is 40.8 Å². The van der Waals surface area contributed by atoms with Crippen LogP contribution >= 0.6 is 11.6 Å². The Bertz CT molecular complexity index is 971. The third-order valence-electron chi connectivity index (χ3n) is 3.80. The summed E-state index contributed by atoms with van der Waals surface area (Å²) in [6.07, 6.45) is 1.60. The number of hydrogen-bond donors (Lipinski definition) is 3. The zero-order valence-corrected chi connectivity index (χ0v) is 15.9. The molecule has 8 heteroatoms. The van der Waals surface area contributed by atoms with E-state index in [0.717, 1.165) is 11.3 Å². The summed E-state index contributed by atoms with van der Waals surface area (Å²) >= 11 is 6.17.